The number of hydrogen-bond donors (Lipinski definition) is 0. The summed E-state index contributed by atoms with van der Waals surface area (Å²) in [4.78, 5) is 11.4. The zero-order valence-electron chi connectivity index (χ0n) is 8.29. The first-order valence-electron chi connectivity index (χ1n) is 4.56. The van der Waals surface area contributed by atoms with Gasteiger partial charge in [-0.05, 0) is 26.0 Å². The van der Waals surface area contributed by atoms with Crippen molar-refractivity contribution in [2.75, 3.05) is 6.61 Å². The van der Waals surface area contributed by atoms with Crippen LogP contribution in [0.3, 0.4) is 0 Å². The van der Waals surface area contributed by atoms with Gasteiger partial charge in [-0.3, -0.25) is 4.79 Å². The van der Waals surface area contributed by atoms with Gasteiger partial charge < -0.3 is 4.74 Å². The lowest BCUT2D eigenvalue weighted by molar-refractivity contribution is 0.0995. The Morgan fingerprint density at radius 3 is 2.86 bits per heavy atom. The number of benzene rings is 1. The standard InChI is InChI=1S/C11H13BrO2/c1-3-14-10-6-4-5-9(7-10)11(13)8(2)12/h4-8H,3H2,1-2H3. The number of rotatable bonds is 4. The van der Waals surface area contributed by atoms with Gasteiger partial charge in [0.05, 0.1) is 11.4 Å². The maximum Gasteiger partial charge on any atom is 0.176 e. The lowest BCUT2D eigenvalue weighted by Gasteiger charge is -2.06. The minimum atomic E-state index is -0.153. The normalized spacial score (nSPS) is 12.2. The van der Waals surface area contributed by atoms with Crippen LogP contribution in [0.15, 0.2) is 24.3 Å². The second kappa shape index (κ2) is 5.15. The number of carbonyl (C=O) groups excluding carboxylic acids is 1. The van der Waals surface area contributed by atoms with Crippen LogP contribution >= 0.6 is 15.9 Å². The summed E-state index contributed by atoms with van der Waals surface area (Å²) in [5.41, 5.74) is 0.681. The zero-order valence-corrected chi connectivity index (χ0v) is 9.87. The highest BCUT2D eigenvalue weighted by molar-refractivity contribution is 9.10. The Bertz CT molecular complexity index is 321. The first-order chi connectivity index (χ1) is 6.65. The van der Waals surface area contributed by atoms with Crippen molar-refractivity contribution in [1.29, 1.82) is 0 Å². The average molecular weight is 257 g/mol. The van der Waals surface area contributed by atoms with Crippen molar-refractivity contribution in [3.63, 3.8) is 0 Å². The summed E-state index contributed by atoms with van der Waals surface area (Å²) >= 11 is 3.25. The SMILES string of the molecule is CCOc1cccc(C(=O)C(C)Br)c1. The molecular weight excluding hydrogens is 244 g/mol. The third-order valence-electron chi connectivity index (χ3n) is 1.79. The van der Waals surface area contributed by atoms with E-state index in [1.807, 2.05) is 26.0 Å². The Morgan fingerprint density at radius 1 is 1.57 bits per heavy atom. The molecule has 0 N–H and O–H groups in total. The van der Waals surface area contributed by atoms with Crippen molar-refractivity contribution >= 4 is 21.7 Å². The number of halogens is 1. The molecule has 0 aliphatic heterocycles. The van der Waals surface area contributed by atoms with E-state index in [9.17, 15) is 4.79 Å². The molecule has 0 radical (unpaired) electrons. The minimum Gasteiger partial charge on any atom is -0.494 e. The molecular formula is C11H13BrO2. The molecule has 1 rings (SSSR count). The lowest BCUT2D eigenvalue weighted by atomic mass is 10.1. The van der Waals surface area contributed by atoms with Crippen LogP contribution in [0.5, 0.6) is 5.75 Å². The summed E-state index contributed by atoms with van der Waals surface area (Å²) in [7, 11) is 0. The van der Waals surface area contributed by atoms with E-state index in [0.717, 1.165) is 5.75 Å². The van der Waals surface area contributed by atoms with Crippen LogP contribution in [0.4, 0.5) is 0 Å². The fourth-order valence-corrected chi connectivity index (χ4v) is 1.40. The highest BCUT2D eigenvalue weighted by Gasteiger charge is 2.11. The topological polar surface area (TPSA) is 26.3 Å². The molecule has 0 saturated heterocycles. The number of Topliss-reactive ketones (excluding diaryl/α,β-unsaturated/α-hetero) is 1. The maximum absolute atomic E-state index is 11.6. The molecule has 14 heavy (non-hydrogen) atoms. The van der Waals surface area contributed by atoms with Crippen LogP contribution in [0.2, 0.25) is 0 Å². The molecule has 0 fully saturated rings. The monoisotopic (exact) mass is 256 g/mol. The molecule has 0 amide bonds. The molecule has 0 aromatic heterocycles. The molecule has 0 aliphatic rings. The molecule has 1 aromatic rings. The van der Waals surface area contributed by atoms with Gasteiger partial charge in [-0.2, -0.15) is 0 Å². The van der Waals surface area contributed by atoms with Crippen LogP contribution < -0.4 is 4.74 Å². The highest BCUT2D eigenvalue weighted by Crippen LogP contribution is 2.16. The van der Waals surface area contributed by atoms with Crippen LogP contribution in [-0.2, 0) is 0 Å². The minimum absolute atomic E-state index is 0.0755. The van der Waals surface area contributed by atoms with Crippen LogP contribution in [0.1, 0.15) is 24.2 Å². The first kappa shape index (κ1) is 11.2. The third-order valence-corrected chi connectivity index (χ3v) is 2.21. The highest BCUT2D eigenvalue weighted by atomic mass is 79.9. The number of hydrogen-bond acceptors (Lipinski definition) is 2. The van der Waals surface area contributed by atoms with Crippen molar-refractivity contribution in [3.05, 3.63) is 29.8 Å². The van der Waals surface area contributed by atoms with Crippen molar-refractivity contribution < 1.29 is 9.53 Å². The Hall–Kier alpha value is -0.830. The second-order valence-corrected chi connectivity index (χ2v) is 4.31. The van der Waals surface area contributed by atoms with Crippen LogP contribution in [-0.4, -0.2) is 17.2 Å². The predicted molar refractivity (Wildman–Crippen MR) is 60.3 cm³/mol. The molecule has 0 heterocycles. The van der Waals surface area contributed by atoms with Crippen LogP contribution in [0.25, 0.3) is 0 Å². The molecule has 0 saturated carbocycles. The van der Waals surface area contributed by atoms with Gasteiger partial charge in [-0.1, -0.05) is 28.1 Å². The van der Waals surface area contributed by atoms with E-state index >= 15 is 0 Å². The van der Waals surface area contributed by atoms with Crippen molar-refractivity contribution in [2.45, 2.75) is 18.7 Å². The van der Waals surface area contributed by atoms with Crippen molar-refractivity contribution in [1.82, 2.24) is 0 Å². The van der Waals surface area contributed by atoms with Crippen molar-refractivity contribution in [3.8, 4) is 5.75 Å². The summed E-state index contributed by atoms with van der Waals surface area (Å²) in [6.45, 7) is 4.35. The van der Waals surface area contributed by atoms with E-state index in [4.69, 9.17) is 4.74 Å². The second-order valence-electron chi connectivity index (χ2n) is 2.94. The molecule has 2 nitrogen and oxygen atoms in total. The fraction of sp³-hybridized carbons (Fsp3) is 0.364. The zero-order chi connectivity index (χ0) is 10.6. The maximum atomic E-state index is 11.6. The van der Waals surface area contributed by atoms with Gasteiger partial charge in [0, 0.05) is 5.56 Å². The fourth-order valence-electron chi connectivity index (χ4n) is 1.14. The van der Waals surface area contributed by atoms with Crippen molar-refractivity contribution in [2.24, 2.45) is 0 Å². The van der Waals surface area contributed by atoms with E-state index < -0.39 is 0 Å². The largest absolute Gasteiger partial charge is 0.494 e. The van der Waals surface area contributed by atoms with Gasteiger partial charge in [-0.25, -0.2) is 0 Å². The number of ether oxygens (including phenoxy) is 1. The third kappa shape index (κ3) is 2.84. The van der Waals surface area contributed by atoms with Gasteiger partial charge in [-0.15, -0.1) is 0 Å². The molecule has 76 valence electrons. The summed E-state index contributed by atoms with van der Waals surface area (Å²) in [5, 5.41) is 0. The molecule has 1 aromatic carbocycles. The summed E-state index contributed by atoms with van der Waals surface area (Å²) in [6.07, 6.45) is 0. The van der Waals surface area contributed by atoms with E-state index in [1.54, 1.807) is 12.1 Å². The number of carbonyl (C=O) groups is 1. The predicted octanol–water partition coefficient (Wildman–Crippen LogP) is 3.05. The van der Waals surface area contributed by atoms with Gasteiger partial charge in [0.1, 0.15) is 5.75 Å². The molecule has 3 heteroatoms. The number of alkyl halides is 1. The summed E-state index contributed by atoms with van der Waals surface area (Å²) in [6, 6.07) is 7.24. The summed E-state index contributed by atoms with van der Waals surface area (Å²) in [5.74, 6) is 0.818. The van der Waals surface area contributed by atoms with E-state index in [-0.39, 0.29) is 10.6 Å². The molecule has 1 unspecified atom stereocenters. The molecule has 0 aliphatic carbocycles. The molecule has 0 spiro atoms. The molecule has 0 bridgehead atoms. The summed E-state index contributed by atoms with van der Waals surface area (Å²) < 4.78 is 5.31. The smallest absolute Gasteiger partial charge is 0.176 e. The van der Waals surface area contributed by atoms with Gasteiger partial charge >= 0.3 is 0 Å². The van der Waals surface area contributed by atoms with Gasteiger partial charge in [0.2, 0.25) is 0 Å². The quantitative estimate of drug-likeness (QED) is 0.612. The van der Waals surface area contributed by atoms with E-state index in [2.05, 4.69) is 15.9 Å². The van der Waals surface area contributed by atoms with Gasteiger partial charge in [0.15, 0.2) is 5.78 Å². The number of ketones is 1. The van der Waals surface area contributed by atoms with E-state index in [1.165, 1.54) is 0 Å². The Labute approximate surface area is 92.4 Å². The molecule has 1 atom stereocenters. The first-order valence-corrected chi connectivity index (χ1v) is 5.48. The Morgan fingerprint density at radius 2 is 2.29 bits per heavy atom. The Balaban J connectivity index is 2.88. The average Bonchev–Trinajstić information content (AvgIpc) is 2.17. The van der Waals surface area contributed by atoms with Gasteiger partial charge in [0.25, 0.3) is 0 Å². The van der Waals surface area contributed by atoms with E-state index in [0.29, 0.717) is 12.2 Å². The lowest BCUT2D eigenvalue weighted by Crippen LogP contribution is -2.09. The Kier molecular flexibility index (Phi) is 4.14. The van der Waals surface area contributed by atoms with Crippen LogP contribution in [0, 0.1) is 0 Å².